The molecule has 4 bridgehead atoms. The van der Waals surface area contributed by atoms with E-state index in [0.717, 1.165) is 17.8 Å². The van der Waals surface area contributed by atoms with Gasteiger partial charge in [0.15, 0.2) is 5.11 Å². The normalized spacial score (nSPS) is 34.6. The number of thiocarbonyl (C=S) groups is 1. The maximum atomic E-state index is 12.0. The number of rotatable bonds is 3. The van der Waals surface area contributed by atoms with Crippen LogP contribution in [0.3, 0.4) is 0 Å². The van der Waals surface area contributed by atoms with Crippen molar-refractivity contribution < 1.29 is 4.79 Å². The van der Waals surface area contributed by atoms with Gasteiger partial charge in [-0.25, -0.2) is 0 Å². The van der Waals surface area contributed by atoms with Crippen LogP contribution in [-0.2, 0) is 0 Å². The van der Waals surface area contributed by atoms with Gasteiger partial charge in [-0.1, -0.05) is 6.07 Å². The maximum absolute atomic E-state index is 12.0. The first-order valence-electron chi connectivity index (χ1n) is 8.94. The summed E-state index contributed by atoms with van der Waals surface area (Å²) in [6.45, 7) is 2.27. The van der Waals surface area contributed by atoms with Crippen LogP contribution in [0.1, 0.15) is 55.1 Å². The van der Waals surface area contributed by atoms with Crippen LogP contribution >= 0.6 is 23.6 Å². The molecule has 1 amide bonds. The van der Waals surface area contributed by atoms with E-state index in [2.05, 4.69) is 23.1 Å². The highest BCUT2D eigenvalue weighted by Gasteiger charge is 2.53. The van der Waals surface area contributed by atoms with E-state index in [1.807, 2.05) is 11.4 Å². The molecule has 5 rings (SSSR count). The van der Waals surface area contributed by atoms with Gasteiger partial charge in [0.25, 0.3) is 5.91 Å². The van der Waals surface area contributed by atoms with Crippen LogP contribution in [0.5, 0.6) is 0 Å². The Kier molecular flexibility index (Phi) is 4.29. The van der Waals surface area contributed by atoms with Gasteiger partial charge in [-0.2, -0.15) is 0 Å². The highest BCUT2D eigenvalue weighted by molar-refractivity contribution is 7.80. The van der Waals surface area contributed by atoms with Gasteiger partial charge in [0.2, 0.25) is 0 Å². The smallest absolute Gasteiger partial charge is 0.279 e. The van der Waals surface area contributed by atoms with Crippen LogP contribution in [0, 0.1) is 23.2 Å². The summed E-state index contributed by atoms with van der Waals surface area (Å²) in [6.07, 6.45) is 8.38. The second-order valence-corrected chi connectivity index (χ2v) is 9.39. The Balaban J connectivity index is 1.32. The molecule has 4 saturated carbocycles. The lowest BCUT2D eigenvalue weighted by Gasteiger charge is -2.59. The summed E-state index contributed by atoms with van der Waals surface area (Å²) < 4.78 is 0. The molecule has 0 radical (unpaired) electrons. The number of amides is 1. The average molecular weight is 364 g/mol. The summed E-state index contributed by atoms with van der Waals surface area (Å²) in [6, 6.07) is 4.02. The lowest BCUT2D eigenvalue weighted by molar-refractivity contribution is -0.0672. The summed E-state index contributed by atoms with van der Waals surface area (Å²) >= 11 is 6.82. The molecule has 0 spiro atoms. The molecule has 1 aromatic rings. The fraction of sp³-hybridized carbons (Fsp3) is 0.667. The topological polar surface area (TPSA) is 53.2 Å². The molecule has 3 N–H and O–H groups in total. The third-order valence-corrected chi connectivity index (χ3v) is 7.47. The van der Waals surface area contributed by atoms with Gasteiger partial charge in [-0.05, 0) is 92.3 Å². The summed E-state index contributed by atoms with van der Waals surface area (Å²) in [7, 11) is 0. The highest BCUT2D eigenvalue weighted by atomic mass is 32.1. The first-order valence-corrected chi connectivity index (χ1v) is 10.2. The number of carbonyl (C=O) groups is 1. The first kappa shape index (κ1) is 16.3. The number of thiophene rings is 1. The average Bonchev–Trinajstić information content (AvgIpc) is 3.05. The summed E-state index contributed by atoms with van der Waals surface area (Å²) in [4.78, 5) is 12.6. The maximum Gasteiger partial charge on any atom is 0.279 e. The third-order valence-electron chi connectivity index (χ3n) is 6.39. The van der Waals surface area contributed by atoms with Gasteiger partial charge >= 0.3 is 0 Å². The van der Waals surface area contributed by atoms with Crippen molar-refractivity contribution in [1.82, 2.24) is 16.2 Å². The Morgan fingerprint density at radius 3 is 2.38 bits per heavy atom. The molecule has 24 heavy (non-hydrogen) atoms. The molecule has 130 valence electrons. The quantitative estimate of drug-likeness (QED) is 0.569. The van der Waals surface area contributed by atoms with Crippen LogP contribution in [0.15, 0.2) is 17.5 Å². The van der Waals surface area contributed by atoms with Crippen molar-refractivity contribution in [2.45, 2.75) is 51.5 Å². The molecule has 4 fully saturated rings. The lowest BCUT2D eigenvalue weighted by Crippen LogP contribution is -2.58. The third kappa shape index (κ3) is 3.06. The standard InChI is InChI=1S/C18H25N3OS2/c1-11(18-8-12-5-13(9-18)7-14(6-12)10-18)19-17(23)21-20-16(22)15-3-2-4-24-15/h2-4,11-14H,5-10H2,1H3,(H,20,22)(H2,19,21,23)/t11-,12?,13?,14?,18?/m0/s1. The van der Waals surface area contributed by atoms with Crippen molar-refractivity contribution in [3.8, 4) is 0 Å². The Morgan fingerprint density at radius 1 is 1.21 bits per heavy atom. The predicted molar refractivity (Wildman–Crippen MR) is 101 cm³/mol. The van der Waals surface area contributed by atoms with E-state index in [4.69, 9.17) is 12.2 Å². The number of hydrazine groups is 1. The zero-order valence-electron chi connectivity index (χ0n) is 14.0. The largest absolute Gasteiger partial charge is 0.358 e. The highest BCUT2D eigenvalue weighted by Crippen LogP contribution is 2.61. The van der Waals surface area contributed by atoms with Crippen LogP contribution in [0.4, 0.5) is 0 Å². The minimum atomic E-state index is -0.142. The summed E-state index contributed by atoms with van der Waals surface area (Å²) in [5, 5.41) is 5.85. The van der Waals surface area contributed by atoms with Crippen LogP contribution in [0.2, 0.25) is 0 Å². The zero-order valence-corrected chi connectivity index (χ0v) is 15.6. The molecule has 0 aliphatic heterocycles. The molecular formula is C18H25N3OS2. The molecule has 1 heterocycles. The zero-order chi connectivity index (χ0) is 16.7. The van der Waals surface area contributed by atoms with Gasteiger partial charge in [-0.15, -0.1) is 11.3 Å². The van der Waals surface area contributed by atoms with Gasteiger partial charge in [-0.3, -0.25) is 15.6 Å². The minimum absolute atomic E-state index is 0.142. The Bertz CT molecular complexity index is 593. The van der Waals surface area contributed by atoms with Crippen LogP contribution < -0.4 is 16.2 Å². The first-order chi connectivity index (χ1) is 11.5. The van der Waals surface area contributed by atoms with Crippen molar-refractivity contribution in [1.29, 1.82) is 0 Å². The van der Waals surface area contributed by atoms with E-state index in [1.54, 1.807) is 6.07 Å². The molecule has 6 heteroatoms. The molecule has 0 saturated heterocycles. The number of carbonyl (C=O) groups excluding carboxylic acids is 1. The SMILES string of the molecule is C[C@H](NC(=S)NNC(=O)c1cccs1)C12CC3CC(CC(C3)C1)C2. The van der Waals surface area contributed by atoms with Gasteiger partial charge in [0.1, 0.15) is 0 Å². The Labute approximate surface area is 152 Å². The van der Waals surface area contributed by atoms with Gasteiger partial charge in [0, 0.05) is 6.04 Å². The molecule has 1 atom stereocenters. The Morgan fingerprint density at radius 2 is 1.83 bits per heavy atom. The number of hydrogen-bond acceptors (Lipinski definition) is 3. The number of hydrogen-bond donors (Lipinski definition) is 3. The Hall–Kier alpha value is -1.14. The molecule has 1 aromatic heterocycles. The fourth-order valence-corrected chi connectivity index (χ4v) is 6.52. The van der Waals surface area contributed by atoms with Crippen molar-refractivity contribution in [3.05, 3.63) is 22.4 Å². The second-order valence-electron chi connectivity index (χ2n) is 8.03. The van der Waals surface area contributed by atoms with Gasteiger partial charge in [0.05, 0.1) is 4.88 Å². The lowest BCUT2D eigenvalue weighted by atomic mass is 9.48. The van der Waals surface area contributed by atoms with E-state index in [0.29, 0.717) is 21.4 Å². The summed E-state index contributed by atoms with van der Waals surface area (Å²) in [5.41, 5.74) is 5.94. The van der Waals surface area contributed by atoms with Crippen LogP contribution in [0.25, 0.3) is 0 Å². The van der Waals surface area contributed by atoms with Crippen LogP contribution in [-0.4, -0.2) is 17.1 Å². The van der Waals surface area contributed by atoms with Crippen molar-refractivity contribution in [3.63, 3.8) is 0 Å². The molecule has 4 aliphatic rings. The van der Waals surface area contributed by atoms with Crippen molar-refractivity contribution in [2.75, 3.05) is 0 Å². The predicted octanol–water partition coefficient (Wildman–Crippen LogP) is 3.46. The van der Waals surface area contributed by atoms with E-state index >= 15 is 0 Å². The minimum Gasteiger partial charge on any atom is -0.358 e. The molecule has 0 aromatic carbocycles. The van der Waals surface area contributed by atoms with E-state index < -0.39 is 0 Å². The number of nitrogens with one attached hydrogen (secondary N) is 3. The van der Waals surface area contributed by atoms with E-state index in [9.17, 15) is 4.79 Å². The van der Waals surface area contributed by atoms with E-state index in [1.165, 1.54) is 49.9 Å². The van der Waals surface area contributed by atoms with Gasteiger partial charge < -0.3 is 5.32 Å². The molecule has 4 aliphatic carbocycles. The van der Waals surface area contributed by atoms with Crippen molar-refractivity contribution >= 4 is 34.6 Å². The molecule has 0 unspecified atom stereocenters. The molecule has 4 nitrogen and oxygen atoms in total. The summed E-state index contributed by atoms with van der Waals surface area (Å²) in [5.74, 6) is 2.65. The second kappa shape index (κ2) is 6.30. The molecular weight excluding hydrogens is 338 g/mol. The fourth-order valence-electron chi connectivity index (χ4n) is 5.68. The van der Waals surface area contributed by atoms with E-state index in [-0.39, 0.29) is 5.91 Å². The van der Waals surface area contributed by atoms with Crippen molar-refractivity contribution in [2.24, 2.45) is 23.2 Å². The monoisotopic (exact) mass is 363 g/mol.